The van der Waals surface area contributed by atoms with Crippen LogP contribution in [0.5, 0.6) is 0 Å². The summed E-state index contributed by atoms with van der Waals surface area (Å²) < 4.78 is 15.6. The lowest BCUT2D eigenvalue weighted by Gasteiger charge is -2.22. The molecule has 3 aromatic heterocycles. The quantitative estimate of drug-likeness (QED) is 0.535. The number of pyridine rings is 1. The molecule has 1 N–H and O–H groups in total. The second-order valence-electron chi connectivity index (χ2n) is 7.02. The Morgan fingerprint density at radius 3 is 2.89 bits per heavy atom. The van der Waals surface area contributed by atoms with Crippen molar-refractivity contribution in [3.8, 4) is 0 Å². The number of hydrogen-bond acceptors (Lipinski definition) is 4. The van der Waals surface area contributed by atoms with Crippen LogP contribution >= 0.6 is 0 Å². The molecule has 0 unspecified atom stereocenters. The standard InChI is InChI=1S/C21H23FN6/c1-15-4-3-8-24-19(15)12-28(9-7-17-11-23-14-25-17)13-21-26-18-10-16(22)5-6-20(18)27(21)2/h3-6,8,10-11,14H,7,9,12-13H2,1-2H3,(H,23,25). The molecule has 0 aliphatic heterocycles. The number of halogens is 1. The molecule has 0 aliphatic rings. The van der Waals surface area contributed by atoms with Gasteiger partial charge in [-0.05, 0) is 30.7 Å². The van der Waals surface area contributed by atoms with Gasteiger partial charge < -0.3 is 9.55 Å². The van der Waals surface area contributed by atoms with Crippen LogP contribution in [0.2, 0.25) is 0 Å². The molecule has 0 spiro atoms. The van der Waals surface area contributed by atoms with Crippen LogP contribution in [-0.2, 0) is 26.6 Å². The Hall–Kier alpha value is -3.06. The Labute approximate surface area is 163 Å². The van der Waals surface area contributed by atoms with Crippen LogP contribution in [0.15, 0.2) is 49.1 Å². The Balaban J connectivity index is 1.59. The maximum Gasteiger partial charge on any atom is 0.125 e. The SMILES string of the molecule is Cc1cccnc1CN(CCc1cnc[nH]1)Cc1nc2cc(F)ccc2n1C. The molecule has 3 heterocycles. The summed E-state index contributed by atoms with van der Waals surface area (Å²) in [6.45, 7) is 4.28. The minimum absolute atomic E-state index is 0.266. The molecule has 7 heteroatoms. The van der Waals surface area contributed by atoms with Gasteiger partial charge >= 0.3 is 0 Å². The molecule has 0 saturated heterocycles. The van der Waals surface area contributed by atoms with Crippen molar-refractivity contribution in [3.63, 3.8) is 0 Å². The number of aryl methyl sites for hydroxylation is 2. The first-order chi connectivity index (χ1) is 13.6. The highest BCUT2D eigenvalue weighted by Gasteiger charge is 2.15. The maximum atomic E-state index is 13.6. The smallest absolute Gasteiger partial charge is 0.125 e. The summed E-state index contributed by atoms with van der Waals surface area (Å²) in [5.41, 5.74) is 4.92. The van der Waals surface area contributed by atoms with Crippen LogP contribution in [0, 0.1) is 12.7 Å². The molecule has 144 valence electrons. The third-order valence-electron chi connectivity index (χ3n) is 5.04. The predicted molar refractivity (Wildman–Crippen MR) is 106 cm³/mol. The highest BCUT2D eigenvalue weighted by molar-refractivity contribution is 5.75. The molecule has 0 saturated carbocycles. The monoisotopic (exact) mass is 378 g/mol. The largest absolute Gasteiger partial charge is 0.348 e. The Kier molecular flexibility index (Phi) is 5.16. The third kappa shape index (κ3) is 3.94. The van der Waals surface area contributed by atoms with Crippen LogP contribution in [0.25, 0.3) is 11.0 Å². The number of imidazole rings is 2. The Bertz CT molecular complexity index is 1070. The summed E-state index contributed by atoms with van der Waals surface area (Å²) in [6, 6.07) is 8.76. The normalized spacial score (nSPS) is 11.6. The van der Waals surface area contributed by atoms with Gasteiger partial charge in [-0.25, -0.2) is 14.4 Å². The van der Waals surface area contributed by atoms with E-state index in [0.29, 0.717) is 12.1 Å². The van der Waals surface area contributed by atoms with Gasteiger partial charge in [0.2, 0.25) is 0 Å². The minimum Gasteiger partial charge on any atom is -0.348 e. The summed E-state index contributed by atoms with van der Waals surface area (Å²) in [5.74, 6) is 0.635. The van der Waals surface area contributed by atoms with Crippen LogP contribution in [0.3, 0.4) is 0 Å². The van der Waals surface area contributed by atoms with E-state index in [9.17, 15) is 4.39 Å². The average Bonchev–Trinajstić information content (AvgIpc) is 3.30. The first-order valence-corrected chi connectivity index (χ1v) is 9.31. The fourth-order valence-electron chi connectivity index (χ4n) is 3.37. The zero-order valence-corrected chi connectivity index (χ0v) is 16.1. The van der Waals surface area contributed by atoms with Crippen molar-refractivity contribution < 1.29 is 4.39 Å². The van der Waals surface area contributed by atoms with Crippen molar-refractivity contribution >= 4 is 11.0 Å². The van der Waals surface area contributed by atoms with Gasteiger partial charge in [0.05, 0.1) is 29.6 Å². The molecule has 0 fully saturated rings. The van der Waals surface area contributed by atoms with E-state index in [1.165, 1.54) is 17.7 Å². The first-order valence-electron chi connectivity index (χ1n) is 9.31. The van der Waals surface area contributed by atoms with Crippen LogP contribution in [0.1, 0.15) is 22.8 Å². The number of aromatic amines is 1. The van der Waals surface area contributed by atoms with E-state index in [4.69, 9.17) is 0 Å². The number of nitrogens with one attached hydrogen (secondary N) is 1. The van der Waals surface area contributed by atoms with Gasteiger partial charge in [-0.15, -0.1) is 0 Å². The number of hydrogen-bond donors (Lipinski definition) is 1. The Morgan fingerprint density at radius 2 is 2.11 bits per heavy atom. The molecule has 0 atom stereocenters. The molecule has 0 radical (unpaired) electrons. The van der Waals surface area contributed by atoms with Gasteiger partial charge in [-0.2, -0.15) is 0 Å². The van der Waals surface area contributed by atoms with Gasteiger partial charge in [0.25, 0.3) is 0 Å². The van der Waals surface area contributed by atoms with Gasteiger partial charge in [0.15, 0.2) is 0 Å². The fourth-order valence-corrected chi connectivity index (χ4v) is 3.37. The predicted octanol–water partition coefficient (Wildman–Crippen LogP) is 3.38. The molecular weight excluding hydrogens is 355 g/mol. The molecule has 1 aromatic carbocycles. The van der Waals surface area contributed by atoms with Gasteiger partial charge in [-0.1, -0.05) is 6.07 Å². The summed E-state index contributed by atoms with van der Waals surface area (Å²) >= 11 is 0. The second kappa shape index (κ2) is 7.90. The van der Waals surface area contributed by atoms with Crippen molar-refractivity contribution in [2.24, 2.45) is 7.05 Å². The van der Waals surface area contributed by atoms with Crippen molar-refractivity contribution in [2.75, 3.05) is 6.54 Å². The molecule has 28 heavy (non-hydrogen) atoms. The second-order valence-corrected chi connectivity index (χ2v) is 7.02. The summed E-state index contributed by atoms with van der Waals surface area (Å²) in [6.07, 6.45) is 6.22. The molecule has 4 rings (SSSR count). The molecule has 6 nitrogen and oxygen atoms in total. The summed E-state index contributed by atoms with van der Waals surface area (Å²) in [5, 5.41) is 0. The number of rotatable bonds is 7. The van der Waals surface area contributed by atoms with E-state index in [0.717, 1.165) is 42.2 Å². The van der Waals surface area contributed by atoms with E-state index in [-0.39, 0.29) is 5.82 Å². The Morgan fingerprint density at radius 1 is 1.21 bits per heavy atom. The summed E-state index contributed by atoms with van der Waals surface area (Å²) in [7, 11) is 1.97. The number of fused-ring (bicyclic) bond motifs is 1. The highest BCUT2D eigenvalue weighted by atomic mass is 19.1. The van der Waals surface area contributed by atoms with Gasteiger partial charge in [0, 0.05) is 50.7 Å². The van der Waals surface area contributed by atoms with Gasteiger partial charge in [0.1, 0.15) is 11.6 Å². The van der Waals surface area contributed by atoms with E-state index < -0.39 is 0 Å². The van der Waals surface area contributed by atoms with E-state index in [1.807, 2.05) is 30.1 Å². The number of nitrogens with zero attached hydrogens (tertiary/aromatic N) is 5. The van der Waals surface area contributed by atoms with Crippen molar-refractivity contribution in [1.29, 1.82) is 0 Å². The number of benzene rings is 1. The lowest BCUT2D eigenvalue weighted by molar-refractivity contribution is 0.247. The van der Waals surface area contributed by atoms with E-state index in [1.54, 1.807) is 12.4 Å². The fraction of sp³-hybridized carbons (Fsp3) is 0.286. The van der Waals surface area contributed by atoms with Crippen LogP contribution in [0.4, 0.5) is 4.39 Å². The zero-order chi connectivity index (χ0) is 19.5. The molecule has 4 aromatic rings. The summed E-state index contributed by atoms with van der Waals surface area (Å²) in [4.78, 5) is 18.8. The molecular formula is C21H23FN6. The topological polar surface area (TPSA) is 62.6 Å². The minimum atomic E-state index is -0.266. The maximum absolute atomic E-state index is 13.6. The lowest BCUT2D eigenvalue weighted by atomic mass is 10.2. The van der Waals surface area contributed by atoms with Crippen molar-refractivity contribution in [1.82, 2.24) is 29.4 Å². The number of aromatic nitrogens is 5. The number of H-pyrrole nitrogens is 1. The lowest BCUT2D eigenvalue weighted by Crippen LogP contribution is -2.27. The zero-order valence-electron chi connectivity index (χ0n) is 16.1. The van der Waals surface area contributed by atoms with Crippen LogP contribution in [-0.4, -0.2) is 35.9 Å². The molecule has 0 aliphatic carbocycles. The van der Waals surface area contributed by atoms with E-state index >= 15 is 0 Å². The van der Waals surface area contributed by atoms with Crippen molar-refractivity contribution in [2.45, 2.75) is 26.4 Å². The molecule has 0 bridgehead atoms. The van der Waals surface area contributed by atoms with E-state index in [2.05, 4.69) is 37.8 Å². The molecule has 0 amide bonds. The van der Waals surface area contributed by atoms with Gasteiger partial charge in [-0.3, -0.25) is 9.88 Å². The third-order valence-corrected chi connectivity index (χ3v) is 5.04. The highest BCUT2D eigenvalue weighted by Crippen LogP contribution is 2.18. The first kappa shape index (κ1) is 18.3. The van der Waals surface area contributed by atoms with Crippen LogP contribution < -0.4 is 0 Å². The average molecular weight is 378 g/mol. The van der Waals surface area contributed by atoms with Crippen molar-refractivity contribution in [3.05, 3.63) is 77.6 Å².